The Morgan fingerprint density at radius 2 is 1.59 bits per heavy atom. The molecular formula is C20H20O2. The van der Waals surface area contributed by atoms with E-state index in [4.69, 9.17) is 0 Å². The van der Waals surface area contributed by atoms with Gasteiger partial charge in [0.05, 0.1) is 5.57 Å². The number of aryl methyl sites for hydroxylation is 1. The van der Waals surface area contributed by atoms with E-state index < -0.39 is 0 Å². The molecule has 0 fully saturated rings. The van der Waals surface area contributed by atoms with E-state index in [1.807, 2.05) is 62.4 Å². The first-order valence-corrected chi connectivity index (χ1v) is 7.53. The lowest BCUT2D eigenvalue weighted by Gasteiger charge is -2.08. The molecule has 0 aromatic heterocycles. The predicted molar refractivity (Wildman–Crippen MR) is 89.8 cm³/mol. The molecule has 0 radical (unpaired) electrons. The highest BCUT2D eigenvalue weighted by atomic mass is 16.1. The maximum absolute atomic E-state index is 12.8. The molecule has 0 saturated heterocycles. The quantitative estimate of drug-likeness (QED) is 0.337. The monoisotopic (exact) mass is 292 g/mol. The van der Waals surface area contributed by atoms with Gasteiger partial charge in [-0.2, -0.15) is 0 Å². The van der Waals surface area contributed by atoms with E-state index in [1.165, 1.54) is 0 Å². The van der Waals surface area contributed by atoms with Crippen LogP contribution in [-0.2, 0) is 4.79 Å². The first-order chi connectivity index (χ1) is 10.6. The summed E-state index contributed by atoms with van der Waals surface area (Å²) in [7, 11) is 0. The Labute approximate surface area is 131 Å². The zero-order valence-corrected chi connectivity index (χ0v) is 13.0. The standard InChI is InChI=1S/C20H20O2/c1-3-9-19(21)18(14-16-11-5-4-6-12-16)20(22)17-13-8-7-10-15(17)2/h4-8,10-14H,3,9H2,1-2H3/b18-14+. The van der Waals surface area contributed by atoms with Gasteiger partial charge in [-0.15, -0.1) is 0 Å². The van der Waals surface area contributed by atoms with E-state index in [1.54, 1.807) is 12.1 Å². The van der Waals surface area contributed by atoms with E-state index >= 15 is 0 Å². The van der Waals surface area contributed by atoms with Crippen LogP contribution < -0.4 is 0 Å². The number of benzene rings is 2. The first-order valence-electron chi connectivity index (χ1n) is 7.53. The third kappa shape index (κ3) is 3.79. The van der Waals surface area contributed by atoms with Gasteiger partial charge in [-0.05, 0) is 30.5 Å². The predicted octanol–water partition coefficient (Wildman–Crippen LogP) is 4.63. The van der Waals surface area contributed by atoms with Crippen molar-refractivity contribution in [3.63, 3.8) is 0 Å². The minimum atomic E-state index is -0.194. The van der Waals surface area contributed by atoms with Gasteiger partial charge in [0.25, 0.3) is 0 Å². The number of rotatable bonds is 6. The van der Waals surface area contributed by atoms with Crippen molar-refractivity contribution < 1.29 is 9.59 Å². The average Bonchev–Trinajstić information content (AvgIpc) is 2.53. The van der Waals surface area contributed by atoms with Crippen molar-refractivity contribution >= 4 is 17.6 Å². The molecule has 22 heavy (non-hydrogen) atoms. The average molecular weight is 292 g/mol. The zero-order valence-electron chi connectivity index (χ0n) is 13.0. The lowest BCUT2D eigenvalue weighted by molar-refractivity contribution is -0.115. The Hall–Kier alpha value is -2.48. The van der Waals surface area contributed by atoms with Gasteiger partial charge < -0.3 is 0 Å². The minimum Gasteiger partial charge on any atom is -0.294 e. The van der Waals surface area contributed by atoms with Gasteiger partial charge in [-0.25, -0.2) is 0 Å². The molecule has 0 aliphatic carbocycles. The molecule has 0 N–H and O–H groups in total. The number of hydrogen-bond acceptors (Lipinski definition) is 2. The second kappa shape index (κ2) is 7.51. The Morgan fingerprint density at radius 1 is 0.955 bits per heavy atom. The molecule has 0 aliphatic rings. The van der Waals surface area contributed by atoms with Crippen LogP contribution in [0.5, 0.6) is 0 Å². The topological polar surface area (TPSA) is 34.1 Å². The van der Waals surface area contributed by atoms with Gasteiger partial charge in [0.2, 0.25) is 0 Å². The van der Waals surface area contributed by atoms with E-state index in [0.29, 0.717) is 12.0 Å². The maximum atomic E-state index is 12.8. The number of carbonyl (C=O) groups is 2. The summed E-state index contributed by atoms with van der Waals surface area (Å²) in [6.07, 6.45) is 2.81. The largest absolute Gasteiger partial charge is 0.294 e. The second-order valence-corrected chi connectivity index (χ2v) is 5.29. The summed E-state index contributed by atoms with van der Waals surface area (Å²) in [5.74, 6) is -0.292. The van der Waals surface area contributed by atoms with Gasteiger partial charge >= 0.3 is 0 Å². The summed E-state index contributed by atoms with van der Waals surface area (Å²) in [5.41, 5.74) is 2.61. The van der Waals surface area contributed by atoms with Crippen molar-refractivity contribution in [3.05, 3.63) is 76.9 Å². The van der Waals surface area contributed by atoms with Gasteiger partial charge in [-0.3, -0.25) is 9.59 Å². The lowest BCUT2D eigenvalue weighted by Crippen LogP contribution is -2.14. The molecule has 2 rings (SSSR count). The van der Waals surface area contributed by atoms with Crippen LogP contribution in [0.25, 0.3) is 6.08 Å². The first kappa shape index (κ1) is 15.9. The van der Waals surface area contributed by atoms with Crippen LogP contribution in [0.3, 0.4) is 0 Å². The molecule has 0 atom stereocenters. The van der Waals surface area contributed by atoms with Crippen molar-refractivity contribution in [2.45, 2.75) is 26.7 Å². The van der Waals surface area contributed by atoms with E-state index in [0.717, 1.165) is 17.5 Å². The SMILES string of the molecule is CCCC(=O)/C(=C\c1ccccc1)C(=O)c1ccccc1C. The second-order valence-electron chi connectivity index (χ2n) is 5.29. The van der Waals surface area contributed by atoms with Gasteiger partial charge in [-0.1, -0.05) is 61.5 Å². The molecule has 0 aliphatic heterocycles. The Balaban J connectivity index is 2.45. The molecule has 2 aromatic rings. The van der Waals surface area contributed by atoms with Crippen LogP contribution in [0.2, 0.25) is 0 Å². The van der Waals surface area contributed by atoms with Gasteiger partial charge in [0.15, 0.2) is 11.6 Å². The molecule has 112 valence electrons. The summed E-state index contributed by atoms with van der Waals surface area (Å²) >= 11 is 0. The van der Waals surface area contributed by atoms with E-state index in [9.17, 15) is 9.59 Å². The van der Waals surface area contributed by atoms with Crippen molar-refractivity contribution in [1.29, 1.82) is 0 Å². The van der Waals surface area contributed by atoms with Crippen LogP contribution in [0, 0.1) is 6.92 Å². The van der Waals surface area contributed by atoms with Crippen LogP contribution in [0.15, 0.2) is 60.2 Å². The molecule has 2 aromatic carbocycles. The summed E-state index contributed by atoms with van der Waals surface area (Å²) < 4.78 is 0. The summed E-state index contributed by atoms with van der Waals surface area (Å²) in [6, 6.07) is 16.9. The number of ketones is 2. The molecule has 0 unspecified atom stereocenters. The summed E-state index contributed by atoms with van der Waals surface area (Å²) in [4.78, 5) is 25.2. The lowest BCUT2D eigenvalue weighted by atomic mass is 9.93. The minimum absolute atomic E-state index is 0.0976. The maximum Gasteiger partial charge on any atom is 0.196 e. The molecule has 2 heteroatoms. The van der Waals surface area contributed by atoms with Crippen molar-refractivity contribution in [2.24, 2.45) is 0 Å². The molecule has 2 nitrogen and oxygen atoms in total. The summed E-state index contributed by atoms with van der Waals surface area (Å²) in [6.45, 7) is 3.83. The molecule has 0 saturated carbocycles. The number of Topliss-reactive ketones (excluding diaryl/α,β-unsaturated/α-hetero) is 2. The van der Waals surface area contributed by atoms with Crippen LogP contribution in [0.1, 0.15) is 41.3 Å². The molecule has 0 bridgehead atoms. The fourth-order valence-corrected chi connectivity index (χ4v) is 2.32. The fourth-order valence-electron chi connectivity index (χ4n) is 2.32. The molecule has 0 heterocycles. The normalized spacial score (nSPS) is 11.3. The number of hydrogen-bond donors (Lipinski definition) is 0. The molecule has 0 spiro atoms. The van der Waals surface area contributed by atoms with Crippen molar-refractivity contribution in [2.75, 3.05) is 0 Å². The summed E-state index contributed by atoms with van der Waals surface area (Å²) in [5, 5.41) is 0. The molecule has 0 amide bonds. The number of carbonyl (C=O) groups excluding carboxylic acids is 2. The third-order valence-electron chi connectivity index (χ3n) is 3.52. The highest BCUT2D eigenvalue weighted by molar-refractivity contribution is 6.29. The fraction of sp³-hybridized carbons (Fsp3) is 0.200. The van der Waals surface area contributed by atoms with Crippen LogP contribution in [0.4, 0.5) is 0 Å². The Kier molecular flexibility index (Phi) is 5.42. The molecular weight excluding hydrogens is 272 g/mol. The zero-order chi connectivity index (χ0) is 15.9. The van der Waals surface area contributed by atoms with Gasteiger partial charge in [0, 0.05) is 12.0 Å². The highest BCUT2D eigenvalue weighted by Gasteiger charge is 2.20. The van der Waals surface area contributed by atoms with Crippen molar-refractivity contribution in [3.8, 4) is 0 Å². The van der Waals surface area contributed by atoms with E-state index in [2.05, 4.69) is 0 Å². The third-order valence-corrected chi connectivity index (χ3v) is 3.52. The Morgan fingerprint density at radius 3 is 2.23 bits per heavy atom. The van der Waals surface area contributed by atoms with E-state index in [-0.39, 0.29) is 17.1 Å². The number of allylic oxidation sites excluding steroid dienone is 1. The van der Waals surface area contributed by atoms with Gasteiger partial charge in [0.1, 0.15) is 0 Å². The highest BCUT2D eigenvalue weighted by Crippen LogP contribution is 2.18. The van der Waals surface area contributed by atoms with Crippen molar-refractivity contribution in [1.82, 2.24) is 0 Å². The van der Waals surface area contributed by atoms with Crippen LogP contribution in [-0.4, -0.2) is 11.6 Å². The smallest absolute Gasteiger partial charge is 0.196 e. The van der Waals surface area contributed by atoms with Crippen LogP contribution >= 0.6 is 0 Å². The Bertz CT molecular complexity index is 697.